The number of rotatable bonds is 7. The van der Waals surface area contributed by atoms with Crippen LogP contribution in [0, 0.1) is 17.3 Å². The van der Waals surface area contributed by atoms with Crippen LogP contribution in [0.25, 0.3) is 0 Å². The highest BCUT2D eigenvalue weighted by molar-refractivity contribution is 5.77. The van der Waals surface area contributed by atoms with E-state index in [4.69, 9.17) is 4.74 Å². The zero-order chi connectivity index (χ0) is 15.4. The highest BCUT2D eigenvalue weighted by Crippen LogP contribution is 2.42. The van der Waals surface area contributed by atoms with Gasteiger partial charge in [-0.2, -0.15) is 0 Å². The normalized spacial score (nSPS) is 22.3. The van der Waals surface area contributed by atoms with Crippen molar-refractivity contribution in [2.24, 2.45) is 17.3 Å². The van der Waals surface area contributed by atoms with Crippen molar-refractivity contribution in [1.82, 2.24) is 0 Å². The fourth-order valence-electron chi connectivity index (χ4n) is 3.42. The molecule has 0 aliphatic heterocycles. The smallest absolute Gasteiger partial charge is 0.312 e. The van der Waals surface area contributed by atoms with E-state index in [9.17, 15) is 4.79 Å². The molecule has 0 spiro atoms. The maximum Gasteiger partial charge on any atom is 0.312 e. The molecule has 0 aromatic rings. The van der Waals surface area contributed by atoms with Crippen LogP contribution in [0.1, 0.15) is 73.1 Å². The molecule has 0 N–H and O–H groups in total. The lowest BCUT2D eigenvalue weighted by atomic mass is 9.72. The molecule has 1 aliphatic carbocycles. The highest BCUT2D eigenvalue weighted by Gasteiger charge is 2.44. The quantitative estimate of drug-likeness (QED) is 0.477. The molecule has 1 rings (SSSR count). The van der Waals surface area contributed by atoms with Crippen molar-refractivity contribution in [2.45, 2.75) is 78.7 Å². The summed E-state index contributed by atoms with van der Waals surface area (Å²) in [6, 6.07) is 0. The van der Waals surface area contributed by atoms with E-state index in [0.29, 0.717) is 5.92 Å². The minimum Gasteiger partial charge on any atom is -0.459 e. The maximum absolute atomic E-state index is 12.9. The third-order valence-electron chi connectivity index (χ3n) is 5.13. The summed E-state index contributed by atoms with van der Waals surface area (Å²) < 4.78 is 6.05. The molecule has 0 amide bonds. The van der Waals surface area contributed by atoms with Crippen LogP contribution in [0.5, 0.6) is 0 Å². The van der Waals surface area contributed by atoms with Crippen molar-refractivity contribution in [3.63, 3.8) is 0 Å². The Hall–Kier alpha value is -0.790. The number of hydrogen-bond acceptors (Lipinski definition) is 2. The van der Waals surface area contributed by atoms with Gasteiger partial charge in [0.25, 0.3) is 0 Å². The number of allylic oxidation sites excluding steroid dienone is 1. The third kappa shape index (κ3) is 3.65. The van der Waals surface area contributed by atoms with E-state index < -0.39 is 5.41 Å². The van der Waals surface area contributed by atoms with Gasteiger partial charge in [-0.15, -0.1) is 6.58 Å². The molecule has 0 aromatic heterocycles. The Morgan fingerprint density at radius 2 is 1.90 bits per heavy atom. The Labute approximate surface area is 125 Å². The van der Waals surface area contributed by atoms with Crippen molar-refractivity contribution < 1.29 is 9.53 Å². The largest absolute Gasteiger partial charge is 0.459 e. The maximum atomic E-state index is 12.9. The number of esters is 1. The van der Waals surface area contributed by atoms with Gasteiger partial charge in [0.15, 0.2) is 0 Å². The van der Waals surface area contributed by atoms with E-state index in [-0.39, 0.29) is 17.5 Å². The predicted octanol–water partition coefficient (Wildman–Crippen LogP) is 5.13. The molecule has 0 saturated heterocycles. The molecule has 0 aromatic carbocycles. The van der Waals surface area contributed by atoms with Crippen LogP contribution < -0.4 is 0 Å². The van der Waals surface area contributed by atoms with Gasteiger partial charge in [0.2, 0.25) is 0 Å². The summed E-state index contributed by atoms with van der Waals surface area (Å²) in [6.07, 6.45) is 8.07. The Bertz CT molecular complexity index is 339. The fraction of sp³-hybridized carbons (Fsp3) is 0.833. The van der Waals surface area contributed by atoms with Crippen LogP contribution >= 0.6 is 0 Å². The van der Waals surface area contributed by atoms with Crippen LogP contribution in [-0.2, 0) is 9.53 Å². The van der Waals surface area contributed by atoms with Gasteiger partial charge in [0.05, 0.1) is 5.41 Å². The predicted molar refractivity (Wildman–Crippen MR) is 84.5 cm³/mol. The molecule has 2 heteroatoms. The monoisotopic (exact) mass is 280 g/mol. The minimum absolute atomic E-state index is 0.0256. The second-order valence-electron chi connectivity index (χ2n) is 7.17. The first kappa shape index (κ1) is 17.3. The first-order valence-electron chi connectivity index (χ1n) is 8.15. The second kappa shape index (κ2) is 6.78. The summed E-state index contributed by atoms with van der Waals surface area (Å²) in [5.74, 6) is 0.575. The SMILES string of the molecule is C=CC(C)C(C)(CC(C)C)C(=O)OC1(CC)CCCC1. The van der Waals surface area contributed by atoms with Gasteiger partial charge in [-0.05, 0) is 57.3 Å². The third-order valence-corrected chi connectivity index (χ3v) is 5.13. The highest BCUT2D eigenvalue weighted by atomic mass is 16.6. The van der Waals surface area contributed by atoms with Crippen LogP contribution in [0.3, 0.4) is 0 Å². The average Bonchev–Trinajstić information content (AvgIpc) is 2.85. The van der Waals surface area contributed by atoms with E-state index >= 15 is 0 Å². The zero-order valence-electron chi connectivity index (χ0n) is 14.0. The van der Waals surface area contributed by atoms with Crippen LogP contribution in [0.2, 0.25) is 0 Å². The van der Waals surface area contributed by atoms with E-state index in [2.05, 4.69) is 34.3 Å². The summed E-state index contributed by atoms with van der Waals surface area (Å²) in [4.78, 5) is 12.9. The number of ether oxygens (including phenoxy) is 1. The van der Waals surface area contributed by atoms with Gasteiger partial charge in [-0.25, -0.2) is 0 Å². The Morgan fingerprint density at radius 1 is 1.35 bits per heavy atom. The lowest BCUT2D eigenvalue weighted by Crippen LogP contribution is -2.42. The van der Waals surface area contributed by atoms with Crippen LogP contribution in [0.4, 0.5) is 0 Å². The van der Waals surface area contributed by atoms with Gasteiger partial charge in [-0.1, -0.05) is 33.8 Å². The van der Waals surface area contributed by atoms with Gasteiger partial charge in [-0.3, -0.25) is 4.79 Å². The molecular formula is C18H32O2. The van der Waals surface area contributed by atoms with Crippen molar-refractivity contribution in [2.75, 3.05) is 0 Å². The molecule has 116 valence electrons. The fourth-order valence-corrected chi connectivity index (χ4v) is 3.42. The molecule has 20 heavy (non-hydrogen) atoms. The average molecular weight is 280 g/mol. The number of carbonyl (C=O) groups is 1. The summed E-state index contributed by atoms with van der Waals surface area (Å²) in [7, 11) is 0. The summed E-state index contributed by atoms with van der Waals surface area (Å²) in [6.45, 7) is 14.4. The summed E-state index contributed by atoms with van der Waals surface area (Å²) in [5, 5.41) is 0. The molecule has 0 heterocycles. The summed E-state index contributed by atoms with van der Waals surface area (Å²) >= 11 is 0. The Balaban J connectivity index is 2.90. The molecule has 0 radical (unpaired) electrons. The van der Waals surface area contributed by atoms with E-state index in [1.807, 2.05) is 13.0 Å². The first-order valence-corrected chi connectivity index (χ1v) is 8.15. The zero-order valence-corrected chi connectivity index (χ0v) is 14.0. The van der Waals surface area contributed by atoms with Crippen molar-refractivity contribution >= 4 is 5.97 Å². The molecule has 1 fully saturated rings. The second-order valence-corrected chi connectivity index (χ2v) is 7.17. The topological polar surface area (TPSA) is 26.3 Å². The van der Waals surface area contributed by atoms with Crippen molar-refractivity contribution in [1.29, 1.82) is 0 Å². The standard InChI is InChI=1S/C18H32O2/c1-7-15(5)17(6,13-14(3)4)16(19)20-18(8-2)11-9-10-12-18/h7,14-15H,1,8-13H2,2-6H3. The first-order chi connectivity index (χ1) is 9.29. The van der Waals surface area contributed by atoms with Crippen LogP contribution in [-0.4, -0.2) is 11.6 Å². The van der Waals surface area contributed by atoms with Crippen molar-refractivity contribution in [3.8, 4) is 0 Å². The molecule has 1 aliphatic rings. The van der Waals surface area contributed by atoms with Crippen LogP contribution in [0.15, 0.2) is 12.7 Å². The summed E-state index contributed by atoms with van der Waals surface area (Å²) in [5.41, 5.74) is -0.656. The number of carbonyl (C=O) groups excluding carboxylic acids is 1. The Morgan fingerprint density at radius 3 is 2.30 bits per heavy atom. The van der Waals surface area contributed by atoms with Gasteiger partial charge >= 0.3 is 5.97 Å². The van der Waals surface area contributed by atoms with E-state index in [0.717, 1.165) is 25.7 Å². The lowest BCUT2D eigenvalue weighted by Gasteiger charge is -2.38. The molecule has 1 saturated carbocycles. The van der Waals surface area contributed by atoms with E-state index in [1.54, 1.807) is 0 Å². The minimum atomic E-state index is -0.458. The van der Waals surface area contributed by atoms with Crippen molar-refractivity contribution in [3.05, 3.63) is 12.7 Å². The van der Waals surface area contributed by atoms with E-state index in [1.165, 1.54) is 12.8 Å². The molecule has 0 bridgehead atoms. The molecule has 2 atom stereocenters. The van der Waals surface area contributed by atoms with Gasteiger partial charge < -0.3 is 4.74 Å². The lowest BCUT2D eigenvalue weighted by molar-refractivity contribution is -0.175. The molecule has 2 nitrogen and oxygen atoms in total. The Kier molecular flexibility index (Phi) is 5.85. The molecular weight excluding hydrogens is 248 g/mol. The van der Waals surface area contributed by atoms with Gasteiger partial charge in [0.1, 0.15) is 5.60 Å². The molecule has 2 unspecified atom stereocenters. The number of hydrogen-bond donors (Lipinski definition) is 0. The van der Waals surface area contributed by atoms with Gasteiger partial charge in [0, 0.05) is 0 Å².